The highest BCUT2D eigenvalue weighted by Gasteiger charge is 2.35. The molecule has 1 atom stereocenters. The van der Waals surface area contributed by atoms with Crippen LogP contribution in [0.1, 0.15) is 31.3 Å². The second kappa shape index (κ2) is 7.82. The van der Waals surface area contributed by atoms with Crippen molar-refractivity contribution in [2.45, 2.75) is 45.0 Å². The summed E-state index contributed by atoms with van der Waals surface area (Å²) in [6.45, 7) is 4.95. The Balaban J connectivity index is 2.15. The lowest BCUT2D eigenvalue weighted by atomic mass is 10.2. The minimum absolute atomic E-state index is 0.0385. The van der Waals surface area contributed by atoms with Crippen molar-refractivity contribution in [3.05, 3.63) is 28.8 Å². The Morgan fingerprint density at radius 1 is 1.32 bits per heavy atom. The van der Waals surface area contributed by atoms with Gasteiger partial charge in [0.15, 0.2) is 5.69 Å². The average molecular weight is 419 g/mol. The molecule has 2 heterocycles. The molecule has 1 amide bonds. The van der Waals surface area contributed by atoms with Crippen LogP contribution in [0.5, 0.6) is 0 Å². The molecular weight excluding hydrogens is 399 g/mol. The van der Waals surface area contributed by atoms with Gasteiger partial charge in [-0.05, 0) is 39.0 Å². The Morgan fingerprint density at radius 3 is 2.46 bits per heavy atom. The van der Waals surface area contributed by atoms with Crippen molar-refractivity contribution in [2.24, 2.45) is 7.05 Å². The van der Waals surface area contributed by atoms with Crippen molar-refractivity contribution in [1.29, 1.82) is 0 Å². The SMILES string of the molecule is Cn1nc(C(F)(F)F)cc1-c1ccc(CC(NC(=O)OC(C)(C)C)C(=O)O)s1. The van der Waals surface area contributed by atoms with E-state index >= 15 is 0 Å². The summed E-state index contributed by atoms with van der Waals surface area (Å²) in [5, 5.41) is 15.1. The Bertz CT molecular complexity index is 868. The highest BCUT2D eigenvalue weighted by Crippen LogP contribution is 2.34. The van der Waals surface area contributed by atoms with Gasteiger partial charge in [-0.1, -0.05) is 0 Å². The molecule has 2 N–H and O–H groups in total. The lowest BCUT2D eigenvalue weighted by molar-refractivity contribution is -0.141. The van der Waals surface area contributed by atoms with Gasteiger partial charge < -0.3 is 15.2 Å². The molecule has 0 saturated heterocycles. The number of alkyl halides is 3. The Morgan fingerprint density at radius 2 is 1.96 bits per heavy atom. The normalized spacial score (nSPS) is 13.2. The third-order valence-electron chi connectivity index (χ3n) is 3.48. The maximum absolute atomic E-state index is 12.8. The fourth-order valence-corrected chi connectivity index (χ4v) is 3.41. The number of alkyl carbamates (subject to hydrolysis) is 1. The van der Waals surface area contributed by atoms with Gasteiger partial charge in [-0.3, -0.25) is 4.68 Å². The number of ether oxygens (including phenoxy) is 1. The highest BCUT2D eigenvalue weighted by molar-refractivity contribution is 7.15. The molecular formula is C17H20F3N3O4S. The molecule has 0 saturated carbocycles. The molecule has 7 nitrogen and oxygen atoms in total. The summed E-state index contributed by atoms with van der Waals surface area (Å²) >= 11 is 1.13. The zero-order valence-electron chi connectivity index (χ0n) is 15.6. The summed E-state index contributed by atoms with van der Waals surface area (Å²) in [7, 11) is 1.40. The smallest absolute Gasteiger partial charge is 0.435 e. The van der Waals surface area contributed by atoms with E-state index in [2.05, 4.69) is 10.4 Å². The molecule has 0 bridgehead atoms. The molecule has 0 radical (unpaired) electrons. The number of rotatable bonds is 5. The summed E-state index contributed by atoms with van der Waals surface area (Å²) in [5.74, 6) is -1.25. The molecule has 1 unspecified atom stereocenters. The summed E-state index contributed by atoms with van der Waals surface area (Å²) in [5.41, 5.74) is -1.52. The molecule has 2 aromatic heterocycles. The second-order valence-corrected chi connectivity index (χ2v) is 8.21. The number of aliphatic carboxylic acids is 1. The first-order chi connectivity index (χ1) is 12.8. The predicted octanol–water partition coefficient (Wildman–Crippen LogP) is 3.69. The zero-order valence-corrected chi connectivity index (χ0v) is 16.4. The van der Waals surface area contributed by atoms with E-state index in [4.69, 9.17) is 4.74 Å². The number of nitrogens with zero attached hydrogens (tertiary/aromatic N) is 2. The topological polar surface area (TPSA) is 93.5 Å². The number of amides is 1. The molecule has 0 spiro atoms. The third-order valence-corrected chi connectivity index (χ3v) is 4.61. The lowest BCUT2D eigenvalue weighted by Crippen LogP contribution is -2.44. The van der Waals surface area contributed by atoms with Crippen molar-refractivity contribution in [3.63, 3.8) is 0 Å². The van der Waals surface area contributed by atoms with Gasteiger partial charge in [0.1, 0.15) is 11.6 Å². The largest absolute Gasteiger partial charge is 0.480 e. The molecule has 0 fully saturated rings. The van der Waals surface area contributed by atoms with Crippen molar-refractivity contribution in [3.8, 4) is 10.6 Å². The fourth-order valence-electron chi connectivity index (χ4n) is 2.31. The first kappa shape index (κ1) is 21.7. The number of halogens is 3. The number of carboxylic acid groups (broad SMARTS) is 1. The Kier molecular flexibility index (Phi) is 6.07. The second-order valence-electron chi connectivity index (χ2n) is 7.04. The number of thiophene rings is 1. The van der Waals surface area contributed by atoms with Crippen LogP contribution in [0.4, 0.5) is 18.0 Å². The van der Waals surface area contributed by atoms with E-state index < -0.39 is 35.6 Å². The monoisotopic (exact) mass is 419 g/mol. The van der Waals surface area contributed by atoms with Crippen LogP contribution in [0.2, 0.25) is 0 Å². The predicted molar refractivity (Wildman–Crippen MR) is 96.0 cm³/mol. The average Bonchev–Trinajstić information content (AvgIpc) is 3.10. The van der Waals surface area contributed by atoms with E-state index in [0.29, 0.717) is 9.75 Å². The Labute approximate surface area is 163 Å². The molecule has 11 heteroatoms. The number of carbonyl (C=O) groups is 2. The minimum Gasteiger partial charge on any atom is -0.480 e. The van der Waals surface area contributed by atoms with E-state index in [9.17, 15) is 27.9 Å². The third kappa shape index (κ3) is 5.72. The maximum Gasteiger partial charge on any atom is 0.435 e. The van der Waals surface area contributed by atoms with E-state index in [1.165, 1.54) is 7.05 Å². The van der Waals surface area contributed by atoms with E-state index in [-0.39, 0.29) is 12.1 Å². The molecule has 2 rings (SSSR count). The van der Waals surface area contributed by atoms with Crippen LogP contribution in [-0.2, 0) is 29.2 Å². The standard InChI is InChI=1S/C17H20F3N3O4S/c1-16(2,3)27-15(26)21-10(14(24)25)7-9-5-6-12(28-9)11-8-13(17(18,19)20)22-23(11)4/h5-6,8,10H,7H2,1-4H3,(H,21,26)(H,24,25). The number of aromatic nitrogens is 2. The van der Waals surface area contributed by atoms with Crippen LogP contribution in [0.15, 0.2) is 18.2 Å². The first-order valence-electron chi connectivity index (χ1n) is 8.19. The van der Waals surface area contributed by atoms with Gasteiger partial charge >= 0.3 is 18.2 Å². The van der Waals surface area contributed by atoms with Crippen LogP contribution in [0, 0.1) is 0 Å². The molecule has 28 heavy (non-hydrogen) atoms. The zero-order chi connectivity index (χ0) is 21.3. The summed E-state index contributed by atoms with van der Waals surface area (Å²) in [6.07, 6.45) is -5.46. The van der Waals surface area contributed by atoms with Gasteiger partial charge in [0.2, 0.25) is 0 Å². The molecule has 0 aliphatic heterocycles. The van der Waals surface area contributed by atoms with E-state index in [1.807, 2.05) is 0 Å². The summed E-state index contributed by atoms with van der Waals surface area (Å²) in [6, 6.07) is 2.89. The van der Waals surface area contributed by atoms with Gasteiger partial charge in [0, 0.05) is 18.3 Å². The van der Waals surface area contributed by atoms with Gasteiger partial charge in [0.25, 0.3) is 0 Å². The molecule has 0 aliphatic rings. The van der Waals surface area contributed by atoms with Crippen LogP contribution in [0.25, 0.3) is 10.6 Å². The first-order valence-corrected chi connectivity index (χ1v) is 9.00. The molecule has 0 aromatic carbocycles. The Hall–Kier alpha value is -2.56. The van der Waals surface area contributed by atoms with Crippen LogP contribution >= 0.6 is 11.3 Å². The van der Waals surface area contributed by atoms with Gasteiger partial charge in [-0.2, -0.15) is 18.3 Å². The molecule has 154 valence electrons. The van der Waals surface area contributed by atoms with Crippen molar-refractivity contribution in [2.75, 3.05) is 0 Å². The van der Waals surface area contributed by atoms with Crippen molar-refractivity contribution < 1.29 is 32.6 Å². The van der Waals surface area contributed by atoms with Crippen LogP contribution in [0.3, 0.4) is 0 Å². The van der Waals surface area contributed by atoms with Crippen molar-refractivity contribution in [1.82, 2.24) is 15.1 Å². The van der Waals surface area contributed by atoms with Gasteiger partial charge in [-0.25, -0.2) is 9.59 Å². The van der Waals surface area contributed by atoms with Gasteiger partial charge in [0.05, 0.1) is 10.6 Å². The lowest BCUT2D eigenvalue weighted by Gasteiger charge is -2.21. The molecule has 2 aromatic rings. The minimum atomic E-state index is -4.55. The van der Waals surface area contributed by atoms with E-state index in [0.717, 1.165) is 22.1 Å². The van der Waals surface area contributed by atoms with Gasteiger partial charge in [-0.15, -0.1) is 11.3 Å². The number of carboxylic acids is 1. The molecule has 0 aliphatic carbocycles. The fraction of sp³-hybridized carbons (Fsp3) is 0.471. The van der Waals surface area contributed by atoms with Crippen LogP contribution < -0.4 is 5.32 Å². The van der Waals surface area contributed by atoms with Crippen molar-refractivity contribution >= 4 is 23.4 Å². The number of hydrogen-bond acceptors (Lipinski definition) is 5. The quantitative estimate of drug-likeness (QED) is 0.771. The number of carbonyl (C=O) groups excluding carboxylic acids is 1. The number of hydrogen-bond donors (Lipinski definition) is 2. The maximum atomic E-state index is 12.8. The number of nitrogens with one attached hydrogen (secondary N) is 1. The van der Waals surface area contributed by atoms with E-state index in [1.54, 1.807) is 32.9 Å². The summed E-state index contributed by atoms with van der Waals surface area (Å²) in [4.78, 5) is 24.3. The highest BCUT2D eigenvalue weighted by atomic mass is 32.1. The summed E-state index contributed by atoms with van der Waals surface area (Å²) < 4.78 is 44.6. The van der Waals surface area contributed by atoms with Crippen LogP contribution in [-0.4, -0.2) is 38.6 Å². The number of aryl methyl sites for hydroxylation is 1.